The first kappa shape index (κ1) is 19.3. The van der Waals surface area contributed by atoms with Crippen LogP contribution in [-0.2, 0) is 4.79 Å². The largest absolute Gasteiger partial charge is 0.493 e. The van der Waals surface area contributed by atoms with E-state index in [1.807, 2.05) is 0 Å². The Labute approximate surface area is 157 Å². The van der Waals surface area contributed by atoms with Crippen LogP contribution >= 0.6 is 15.9 Å². The van der Waals surface area contributed by atoms with Crippen LogP contribution < -0.4 is 25.6 Å². The van der Waals surface area contributed by atoms with Crippen LogP contribution in [0.5, 0.6) is 11.5 Å². The van der Waals surface area contributed by atoms with Crippen molar-refractivity contribution in [2.45, 2.75) is 0 Å². The Morgan fingerprint density at radius 1 is 1.04 bits per heavy atom. The van der Waals surface area contributed by atoms with Gasteiger partial charge < -0.3 is 19.8 Å². The van der Waals surface area contributed by atoms with Crippen molar-refractivity contribution in [3.63, 3.8) is 0 Å². The van der Waals surface area contributed by atoms with Crippen LogP contribution in [-0.4, -0.2) is 43.5 Å². The van der Waals surface area contributed by atoms with Gasteiger partial charge in [-0.3, -0.25) is 25.2 Å². The molecule has 0 aliphatic heterocycles. The van der Waals surface area contributed by atoms with Gasteiger partial charge in [-0.05, 0) is 40.2 Å². The quantitative estimate of drug-likeness (QED) is 0.515. The second-order valence-electron chi connectivity index (χ2n) is 4.99. The minimum atomic E-state index is -0.585. The Morgan fingerprint density at radius 3 is 2.38 bits per heavy atom. The fourth-order valence-electron chi connectivity index (χ4n) is 1.98. The molecule has 0 aliphatic carbocycles. The molecule has 0 unspecified atom stereocenters. The molecule has 0 aliphatic rings. The number of nitrogens with one attached hydrogen (secondary N) is 4. The van der Waals surface area contributed by atoms with Crippen molar-refractivity contribution in [2.75, 3.05) is 20.8 Å². The summed E-state index contributed by atoms with van der Waals surface area (Å²) in [6.45, 7) is -0.318. The number of methoxy groups -OCH3 is 2. The predicted octanol–water partition coefficient (Wildman–Crippen LogP) is 0.985. The highest BCUT2D eigenvalue weighted by atomic mass is 79.9. The fourth-order valence-corrected chi connectivity index (χ4v) is 2.32. The first-order valence-corrected chi connectivity index (χ1v) is 8.17. The Balaban J connectivity index is 1.83. The number of hydrazine groups is 1. The molecule has 10 heteroatoms. The van der Waals surface area contributed by atoms with E-state index in [0.29, 0.717) is 21.5 Å². The van der Waals surface area contributed by atoms with E-state index in [-0.39, 0.29) is 12.2 Å². The molecule has 0 saturated heterocycles. The Hall–Kier alpha value is -3.01. The molecule has 1 aromatic heterocycles. The van der Waals surface area contributed by atoms with Crippen molar-refractivity contribution < 1.29 is 23.9 Å². The molecule has 1 heterocycles. The van der Waals surface area contributed by atoms with E-state index in [2.05, 4.69) is 37.1 Å². The second-order valence-corrected chi connectivity index (χ2v) is 5.90. The molecule has 0 saturated carbocycles. The number of halogens is 1. The first-order valence-electron chi connectivity index (χ1n) is 7.38. The fraction of sp³-hybridized carbons (Fsp3) is 0.188. The third kappa shape index (κ3) is 4.99. The van der Waals surface area contributed by atoms with Crippen LogP contribution in [0.15, 0.2) is 34.9 Å². The maximum absolute atomic E-state index is 12.1. The molecule has 0 fully saturated rings. The monoisotopic (exact) mass is 424 g/mol. The number of aromatic amines is 1. The average molecular weight is 425 g/mol. The standard InChI is InChI=1S/C16H17BrN4O5/c1-25-12-4-3-9(5-13(12)26-2)15(23)19-8-14(22)20-21-16(24)11-6-10(17)7-18-11/h3-7,18H,8H2,1-2H3,(H,19,23)(H,20,22)(H,21,24). The van der Waals surface area contributed by atoms with Crippen LogP contribution in [0.25, 0.3) is 0 Å². The summed E-state index contributed by atoms with van der Waals surface area (Å²) in [7, 11) is 2.94. The lowest BCUT2D eigenvalue weighted by Crippen LogP contribution is -2.46. The molecule has 26 heavy (non-hydrogen) atoms. The topological polar surface area (TPSA) is 122 Å². The molecule has 0 spiro atoms. The molecule has 3 amide bonds. The van der Waals surface area contributed by atoms with Gasteiger partial charge in [-0.25, -0.2) is 0 Å². The minimum absolute atomic E-state index is 0.270. The Morgan fingerprint density at radius 2 is 1.77 bits per heavy atom. The average Bonchev–Trinajstić information content (AvgIpc) is 3.09. The molecule has 0 atom stereocenters. The van der Waals surface area contributed by atoms with Gasteiger partial charge in [0, 0.05) is 16.2 Å². The van der Waals surface area contributed by atoms with Crippen molar-refractivity contribution in [1.82, 2.24) is 21.2 Å². The lowest BCUT2D eigenvalue weighted by Gasteiger charge is -2.10. The molecular formula is C16H17BrN4O5. The maximum Gasteiger partial charge on any atom is 0.286 e. The zero-order valence-corrected chi connectivity index (χ0v) is 15.6. The van der Waals surface area contributed by atoms with Gasteiger partial charge in [0.15, 0.2) is 11.5 Å². The van der Waals surface area contributed by atoms with E-state index >= 15 is 0 Å². The lowest BCUT2D eigenvalue weighted by molar-refractivity contribution is -0.120. The number of carbonyl (C=O) groups is 3. The first-order chi connectivity index (χ1) is 12.4. The predicted molar refractivity (Wildman–Crippen MR) is 96.0 cm³/mol. The normalized spacial score (nSPS) is 9.96. The van der Waals surface area contributed by atoms with Crippen LogP contribution in [0.4, 0.5) is 0 Å². The SMILES string of the molecule is COc1ccc(C(=O)NCC(=O)NNC(=O)c2cc(Br)c[nH]2)cc1OC. The van der Waals surface area contributed by atoms with Gasteiger partial charge in [0.2, 0.25) is 0 Å². The molecule has 2 rings (SSSR count). The van der Waals surface area contributed by atoms with Crippen LogP contribution in [0.1, 0.15) is 20.8 Å². The van der Waals surface area contributed by atoms with Gasteiger partial charge >= 0.3 is 0 Å². The third-order valence-electron chi connectivity index (χ3n) is 3.26. The maximum atomic E-state index is 12.1. The Kier molecular flexibility index (Phi) is 6.61. The number of H-pyrrole nitrogens is 1. The molecular weight excluding hydrogens is 408 g/mol. The van der Waals surface area contributed by atoms with Gasteiger partial charge in [0.1, 0.15) is 5.69 Å². The number of ether oxygens (including phenoxy) is 2. The Bertz CT molecular complexity index is 821. The summed E-state index contributed by atoms with van der Waals surface area (Å²) < 4.78 is 10.9. The molecule has 138 valence electrons. The van der Waals surface area contributed by atoms with Gasteiger partial charge in [-0.1, -0.05) is 0 Å². The number of carbonyl (C=O) groups excluding carboxylic acids is 3. The number of benzene rings is 1. The second kappa shape index (κ2) is 8.90. The smallest absolute Gasteiger partial charge is 0.286 e. The minimum Gasteiger partial charge on any atom is -0.493 e. The summed E-state index contributed by atoms with van der Waals surface area (Å²) in [6, 6.07) is 6.18. The molecule has 2 aromatic rings. The highest BCUT2D eigenvalue weighted by Crippen LogP contribution is 2.27. The van der Waals surface area contributed by atoms with Gasteiger partial charge in [0.05, 0.1) is 20.8 Å². The molecule has 1 aromatic carbocycles. The molecule has 0 radical (unpaired) electrons. The summed E-state index contributed by atoms with van der Waals surface area (Å²) in [4.78, 5) is 38.3. The van der Waals surface area contributed by atoms with Crippen molar-refractivity contribution in [2.24, 2.45) is 0 Å². The van der Waals surface area contributed by atoms with Crippen LogP contribution in [0.3, 0.4) is 0 Å². The van der Waals surface area contributed by atoms with E-state index < -0.39 is 17.7 Å². The molecule has 0 bridgehead atoms. The van der Waals surface area contributed by atoms with E-state index in [4.69, 9.17) is 9.47 Å². The number of hydrogen-bond donors (Lipinski definition) is 4. The van der Waals surface area contributed by atoms with Gasteiger partial charge in [0.25, 0.3) is 17.7 Å². The lowest BCUT2D eigenvalue weighted by atomic mass is 10.2. The van der Waals surface area contributed by atoms with Crippen LogP contribution in [0, 0.1) is 0 Å². The van der Waals surface area contributed by atoms with Crippen LogP contribution in [0.2, 0.25) is 0 Å². The van der Waals surface area contributed by atoms with E-state index in [1.54, 1.807) is 24.4 Å². The summed E-state index contributed by atoms with van der Waals surface area (Å²) in [6.07, 6.45) is 1.58. The van der Waals surface area contributed by atoms with E-state index in [1.165, 1.54) is 20.3 Å². The van der Waals surface area contributed by atoms with Gasteiger partial charge in [-0.15, -0.1) is 0 Å². The van der Waals surface area contributed by atoms with Crippen molar-refractivity contribution in [3.05, 3.63) is 46.2 Å². The van der Waals surface area contributed by atoms with E-state index in [0.717, 1.165) is 0 Å². The van der Waals surface area contributed by atoms with Gasteiger partial charge in [-0.2, -0.15) is 0 Å². The number of rotatable bonds is 6. The highest BCUT2D eigenvalue weighted by Gasteiger charge is 2.13. The number of hydrogen-bond acceptors (Lipinski definition) is 5. The van der Waals surface area contributed by atoms with Crippen molar-refractivity contribution in [3.8, 4) is 11.5 Å². The molecule has 4 N–H and O–H groups in total. The number of aromatic nitrogens is 1. The zero-order valence-electron chi connectivity index (χ0n) is 14.0. The van der Waals surface area contributed by atoms with Crippen molar-refractivity contribution in [1.29, 1.82) is 0 Å². The molecule has 9 nitrogen and oxygen atoms in total. The summed E-state index contributed by atoms with van der Waals surface area (Å²) in [5.74, 6) is -0.691. The number of amides is 3. The van der Waals surface area contributed by atoms with E-state index in [9.17, 15) is 14.4 Å². The summed E-state index contributed by atoms with van der Waals surface area (Å²) in [5.41, 5.74) is 5.01. The summed E-state index contributed by atoms with van der Waals surface area (Å²) >= 11 is 3.20. The summed E-state index contributed by atoms with van der Waals surface area (Å²) in [5, 5.41) is 2.44. The van der Waals surface area contributed by atoms with Crippen molar-refractivity contribution >= 4 is 33.7 Å². The zero-order chi connectivity index (χ0) is 19.1. The highest BCUT2D eigenvalue weighted by molar-refractivity contribution is 9.10. The third-order valence-corrected chi connectivity index (χ3v) is 3.72.